The Morgan fingerprint density at radius 3 is 2.61 bits per heavy atom. The number of primary amides is 1. The molecule has 236 valence electrons. The SMILES string of the molecule is CI(c1ccc(F)cn1)n1ncc2c(-c3ccc4c(c3)OC(F)(F)C(=O)N4Cc3ccc(Cl)cn3)c(C(N)=O)c(CC3CC3)nc21. The molecule has 0 spiro atoms. The maximum atomic E-state index is 15.0. The zero-order valence-corrected chi connectivity index (χ0v) is 27.0. The molecule has 1 saturated carbocycles. The number of fused-ring (bicyclic) bond motifs is 2. The van der Waals surface area contributed by atoms with Gasteiger partial charge in [0.15, 0.2) is 0 Å². The molecule has 10 nitrogen and oxygen atoms in total. The van der Waals surface area contributed by atoms with Gasteiger partial charge in [-0.1, -0.05) is 11.6 Å². The summed E-state index contributed by atoms with van der Waals surface area (Å²) < 4.78 is 51.0. The van der Waals surface area contributed by atoms with Gasteiger partial charge in [-0.15, -0.1) is 0 Å². The summed E-state index contributed by atoms with van der Waals surface area (Å²) in [7, 11) is 0. The molecule has 1 fully saturated rings. The normalized spacial score (nSPS) is 15.9. The molecule has 0 bridgehead atoms. The van der Waals surface area contributed by atoms with Crippen LogP contribution in [0.15, 0.2) is 61.1 Å². The molecule has 1 aromatic carbocycles. The minimum absolute atomic E-state index is 0.0978. The third-order valence-corrected chi connectivity index (χ3v) is 12.3. The number of carbonyl (C=O) groups is 2. The quantitative estimate of drug-likeness (QED) is 0.116. The fourth-order valence-corrected chi connectivity index (χ4v) is 8.77. The number of nitrogens with zero attached hydrogens (tertiary/aromatic N) is 6. The van der Waals surface area contributed by atoms with Crippen molar-refractivity contribution in [3.05, 3.63) is 92.5 Å². The van der Waals surface area contributed by atoms with Crippen LogP contribution in [0.3, 0.4) is 0 Å². The summed E-state index contributed by atoms with van der Waals surface area (Å²) in [4.78, 5) is 42.0. The molecule has 2 N–H and O–H groups in total. The Balaban J connectivity index is 1.39. The fourth-order valence-electron chi connectivity index (χ4n) is 5.40. The van der Waals surface area contributed by atoms with Crippen molar-refractivity contribution in [1.82, 2.24) is 22.9 Å². The molecule has 46 heavy (non-hydrogen) atoms. The van der Waals surface area contributed by atoms with Crippen LogP contribution in [0.2, 0.25) is 5.02 Å². The van der Waals surface area contributed by atoms with Crippen molar-refractivity contribution in [3.63, 3.8) is 0 Å². The van der Waals surface area contributed by atoms with Crippen LogP contribution in [0.4, 0.5) is 18.9 Å². The molecule has 4 aromatic heterocycles. The molecule has 2 aliphatic rings. The van der Waals surface area contributed by atoms with Crippen LogP contribution < -0.4 is 15.4 Å². The number of pyridine rings is 3. The van der Waals surface area contributed by atoms with Crippen molar-refractivity contribution in [2.24, 2.45) is 11.7 Å². The van der Waals surface area contributed by atoms with Crippen molar-refractivity contribution in [2.45, 2.75) is 31.9 Å². The van der Waals surface area contributed by atoms with Gasteiger partial charge in [-0.3, -0.25) is 0 Å². The molecular formula is C31H24ClF3IN7O3. The Hall–Kier alpha value is -4.31. The standard InChI is InChI=1S/C31H24ClF3IN7O3/c1-36(25-9-6-19(33)13-39-25)43-29-21(14-40-43)26(27(28(37)44)22(41-29)10-16-2-3-16)17-4-8-23-24(11-17)46-31(34,35)30(45)42(23)15-20-7-5-18(32)12-38-20/h4-9,11-14,16H,2-3,10,15H2,1H3,(H2,37,44). The molecule has 0 unspecified atom stereocenters. The summed E-state index contributed by atoms with van der Waals surface area (Å²) in [5.74, 6) is -2.67. The maximum absolute atomic E-state index is 15.0. The van der Waals surface area contributed by atoms with Gasteiger partial charge in [0.1, 0.15) is 0 Å². The number of hydrogen-bond acceptors (Lipinski definition) is 7. The molecule has 5 aromatic rings. The van der Waals surface area contributed by atoms with Crippen LogP contribution in [0, 0.1) is 15.4 Å². The molecule has 5 heterocycles. The van der Waals surface area contributed by atoms with Crippen molar-refractivity contribution < 1.29 is 27.5 Å². The predicted octanol–water partition coefficient (Wildman–Crippen LogP) is 6.02. The van der Waals surface area contributed by atoms with Crippen LogP contribution in [-0.4, -0.2) is 45.8 Å². The van der Waals surface area contributed by atoms with Gasteiger partial charge < -0.3 is 0 Å². The van der Waals surface area contributed by atoms with E-state index in [1.54, 1.807) is 27.3 Å². The second-order valence-electron chi connectivity index (χ2n) is 11.0. The van der Waals surface area contributed by atoms with E-state index in [0.29, 0.717) is 54.6 Å². The third-order valence-electron chi connectivity index (χ3n) is 7.77. The first kappa shape index (κ1) is 30.3. The zero-order valence-electron chi connectivity index (χ0n) is 24.1. The summed E-state index contributed by atoms with van der Waals surface area (Å²) in [6.45, 7) is -0.258. The van der Waals surface area contributed by atoms with Gasteiger partial charge in [-0.2, -0.15) is 0 Å². The molecule has 0 atom stereocenters. The Morgan fingerprint density at radius 1 is 1.13 bits per heavy atom. The average Bonchev–Trinajstić information content (AvgIpc) is 3.74. The van der Waals surface area contributed by atoms with E-state index in [4.69, 9.17) is 27.1 Å². The van der Waals surface area contributed by atoms with E-state index in [2.05, 4.69) is 15.1 Å². The predicted molar refractivity (Wildman–Crippen MR) is 172 cm³/mol. The number of amides is 2. The van der Waals surface area contributed by atoms with E-state index in [1.807, 2.05) is 4.93 Å². The number of carbonyl (C=O) groups excluding carboxylic acids is 2. The molecule has 0 saturated heterocycles. The molecule has 2 amide bonds. The summed E-state index contributed by atoms with van der Waals surface area (Å²) in [5, 5.41) is 5.45. The monoisotopic (exact) mass is 761 g/mol. The van der Waals surface area contributed by atoms with E-state index < -0.39 is 43.8 Å². The molecule has 1 aliphatic heterocycles. The van der Waals surface area contributed by atoms with Crippen molar-refractivity contribution in [3.8, 4) is 16.9 Å². The molecular weight excluding hydrogens is 738 g/mol. The molecule has 0 radical (unpaired) electrons. The fraction of sp³-hybridized carbons (Fsp3) is 0.226. The van der Waals surface area contributed by atoms with Gasteiger partial charge in [0.05, 0.1) is 5.02 Å². The first-order chi connectivity index (χ1) is 22.0. The zero-order chi connectivity index (χ0) is 32.3. The number of rotatable bonds is 8. The number of hydrogen-bond donors (Lipinski definition) is 1. The van der Waals surface area contributed by atoms with Crippen LogP contribution in [0.25, 0.3) is 22.2 Å². The molecule has 7 rings (SSSR count). The second kappa shape index (κ2) is 11.5. The number of aromatic nitrogens is 5. The number of benzene rings is 1. The van der Waals surface area contributed by atoms with E-state index in [-0.39, 0.29) is 23.5 Å². The van der Waals surface area contributed by atoms with Crippen LogP contribution in [0.1, 0.15) is 34.6 Å². The summed E-state index contributed by atoms with van der Waals surface area (Å²) >= 11 is 3.54. The minimum atomic E-state index is -4.16. The Kier molecular flexibility index (Phi) is 7.58. The second-order valence-corrected chi connectivity index (χ2v) is 15.9. The van der Waals surface area contributed by atoms with Gasteiger partial charge in [-0.05, 0) is 6.07 Å². The number of nitrogens with two attached hydrogens (primary N) is 1. The average molecular weight is 762 g/mol. The molecule has 15 heteroatoms. The number of alkyl halides is 3. The van der Waals surface area contributed by atoms with Crippen LogP contribution in [-0.2, 0) is 17.8 Å². The van der Waals surface area contributed by atoms with Crippen LogP contribution >= 0.6 is 31.7 Å². The van der Waals surface area contributed by atoms with Gasteiger partial charge in [0.25, 0.3) is 0 Å². The van der Waals surface area contributed by atoms with E-state index >= 15 is 8.78 Å². The van der Waals surface area contributed by atoms with Crippen molar-refractivity contribution in [2.75, 3.05) is 9.83 Å². The van der Waals surface area contributed by atoms with Crippen molar-refractivity contribution >= 4 is 60.2 Å². The van der Waals surface area contributed by atoms with Crippen LogP contribution in [0.5, 0.6) is 5.75 Å². The number of anilines is 1. The Morgan fingerprint density at radius 2 is 1.93 bits per heavy atom. The van der Waals surface area contributed by atoms with E-state index in [0.717, 1.165) is 23.9 Å². The van der Waals surface area contributed by atoms with E-state index in [1.165, 1.54) is 30.5 Å². The Labute approximate surface area is 272 Å². The topological polar surface area (TPSA) is 129 Å². The van der Waals surface area contributed by atoms with Crippen molar-refractivity contribution in [1.29, 1.82) is 0 Å². The third kappa shape index (κ3) is 5.53. The number of halogens is 5. The summed E-state index contributed by atoms with van der Waals surface area (Å²) in [5.41, 5.74) is 8.24. The van der Waals surface area contributed by atoms with Gasteiger partial charge >= 0.3 is 245 Å². The van der Waals surface area contributed by atoms with Gasteiger partial charge in [0.2, 0.25) is 0 Å². The summed E-state index contributed by atoms with van der Waals surface area (Å²) in [6, 6.07) is 10.5. The van der Waals surface area contributed by atoms with Gasteiger partial charge in [-0.25, -0.2) is 0 Å². The molecule has 1 aliphatic carbocycles. The first-order valence-corrected chi connectivity index (χ1v) is 18.6. The Bertz CT molecular complexity index is 2020. The number of ether oxygens (including phenoxy) is 1. The van der Waals surface area contributed by atoms with Gasteiger partial charge in [0, 0.05) is 6.20 Å². The first-order valence-electron chi connectivity index (χ1n) is 14.1. The van der Waals surface area contributed by atoms with E-state index in [9.17, 15) is 14.0 Å². The summed E-state index contributed by atoms with van der Waals surface area (Å²) in [6.07, 6.45) is 2.36.